The van der Waals surface area contributed by atoms with Gasteiger partial charge in [-0.2, -0.15) is 13.2 Å². The van der Waals surface area contributed by atoms with Gasteiger partial charge in [0.25, 0.3) is 0 Å². The van der Waals surface area contributed by atoms with Gasteiger partial charge < -0.3 is 5.11 Å². The summed E-state index contributed by atoms with van der Waals surface area (Å²) < 4.78 is 51.1. The number of benzene rings is 2. The Hall–Kier alpha value is -1.88. The molecule has 2 rings (SSSR count). The van der Waals surface area contributed by atoms with Crippen LogP contribution in [-0.2, 0) is 12.8 Å². The molecule has 2 aromatic carbocycles. The third kappa shape index (κ3) is 2.76. The van der Waals surface area contributed by atoms with Crippen LogP contribution in [0.15, 0.2) is 42.5 Å². The maximum absolute atomic E-state index is 13.2. The van der Waals surface area contributed by atoms with Gasteiger partial charge in [-0.05, 0) is 28.8 Å². The van der Waals surface area contributed by atoms with Crippen molar-refractivity contribution < 1.29 is 22.7 Å². The largest absolute Gasteiger partial charge is 0.419 e. The zero-order chi connectivity index (χ0) is 14.0. The first-order valence-corrected chi connectivity index (χ1v) is 5.49. The molecule has 0 unspecified atom stereocenters. The molecule has 100 valence electrons. The van der Waals surface area contributed by atoms with E-state index in [-0.39, 0.29) is 12.2 Å². The summed E-state index contributed by atoms with van der Waals surface area (Å²) in [7, 11) is 0. The Balaban J connectivity index is 2.58. The van der Waals surface area contributed by atoms with E-state index in [0.29, 0.717) is 11.1 Å². The normalized spacial score (nSPS) is 11.6. The lowest BCUT2D eigenvalue weighted by molar-refractivity contribution is -0.139. The molecule has 2 aromatic rings. The van der Waals surface area contributed by atoms with Crippen LogP contribution in [0.1, 0.15) is 11.1 Å². The summed E-state index contributed by atoms with van der Waals surface area (Å²) in [4.78, 5) is 0. The summed E-state index contributed by atoms with van der Waals surface area (Å²) >= 11 is 0. The molecule has 0 aliphatic rings. The summed E-state index contributed by atoms with van der Waals surface area (Å²) in [5, 5.41) is 9.17. The van der Waals surface area contributed by atoms with E-state index in [1.807, 2.05) is 0 Å². The zero-order valence-corrected chi connectivity index (χ0v) is 9.71. The fourth-order valence-corrected chi connectivity index (χ4v) is 1.85. The first-order chi connectivity index (χ1) is 8.93. The minimum atomic E-state index is -4.74. The lowest BCUT2D eigenvalue weighted by Gasteiger charge is -2.12. The Morgan fingerprint density at radius 3 is 2.32 bits per heavy atom. The van der Waals surface area contributed by atoms with Crippen molar-refractivity contribution in [3.63, 3.8) is 0 Å². The monoisotopic (exact) mass is 270 g/mol. The van der Waals surface area contributed by atoms with E-state index in [4.69, 9.17) is 5.11 Å². The van der Waals surface area contributed by atoms with E-state index in [2.05, 4.69) is 0 Å². The van der Waals surface area contributed by atoms with Crippen LogP contribution in [0.25, 0.3) is 11.1 Å². The first-order valence-electron chi connectivity index (χ1n) is 5.49. The van der Waals surface area contributed by atoms with Gasteiger partial charge in [-0.1, -0.05) is 30.3 Å². The number of rotatable bonds is 2. The summed E-state index contributed by atoms with van der Waals surface area (Å²) in [5.41, 5.74) is -0.145. The van der Waals surface area contributed by atoms with Crippen LogP contribution in [0.3, 0.4) is 0 Å². The van der Waals surface area contributed by atoms with Crippen molar-refractivity contribution in [1.29, 1.82) is 0 Å². The number of alkyl halides is 3. The van der Waals surface area contributed by atoms with Crippen LogP contribution >= 0.6 is 0 Å². The molecule has 0 radical (unpaired) electrons. The molecule has 5 heteroatoms. The molecule has 0 saturated carbocycles. The molecular formula is C14H10F4O. The average molecular weight is 270 g/mol. The van der Waals surface area contributed by atoms with Crippen molar-refractivity contribution >= 4 is 0 Å². The molecular weight excluding hydrogens is 260 g/mol. The number of hydrogen-bond donors (Lipinski definition) is 1. The van der Waals surface area contributed by atoms with Crippen LogP contribution in [0.5, 0.6) is 0 Å². The van der Waals surface area contributed by atoms with Crippen molar-refractivity contribution in [2.75, 3.05) is 0 Å². The molecule has 0 heterocycles. The maximum atomic E-state index is 13.2. The molecule has 0 aromatic heterocycles. The Morgan fingerprint density at radius 1 is 1.00 bits per heavy atom. The summed E-state index contributed by atoms with van der Waals surface area (Å²) in [6.07, 6.45) is -4.74. The van der Waals surface area contributed by atoms with Crippen molar-refractivity contribution in [3.8, 4) is 11.1 Å². The molecule has 0 saturated heterocycles. The van der Waals surface area contributed by atoms with Gasteiger partial charge in [0.15, 0.2) is 0 Å². The van der Waals surface area contributed by atoms with E-state index in [1.165, 1.54) is 6.07 Å². The average Bonchev–Trinajstić information content (AvgIpc) is 2.38. The molecule has 0 aliphatic carbocycles. The number of halogens is 4. The SMILES string of the molecule is OCc1ccccc1-c1ccc(F)c(C(F)(F)F)c1. The van der Waals surface area contributed by atoms with Gasteiger partial charge in [-0.3, -0.25) is 0 Å². The Kier molecular flexibility index (Phi) is 3.57. The Morgan fingerprint density at radius 2 is 1.68 bits per heavy atom. The summed E-state index contributed by atoms with van der Waals surface area (Å²) in [6.45, 7) is -0.297. The number of aliphatic hydroxyl groups is 1. The second kappa shape index (κ2) is 5.01. The van der Waals surface area contributed by atoms with Crippen LogP contribution < -0.4 is 0 Å². The molecule has 0 bridgehead atoms. The first kappa shape index (κ1) is 13.5. The lowest BCUT2D eigenvalue weighted by atomic mass is 9.98. The van der Waals surface area contributed by atoms with Crippen LogP contribution in [0.4, 0.5) is 17.6 Å². The van der Waals surface area contributed by atoms with Gasteiger partial charge in [-0.15, -0.1) is 0 Å². The highest BCUT2D eigenvalue weighted by atomic mass is 19.4. The van der Waals surface area contributed by atoms with E-state index < -0.39 is 17.6 Å². The molecule has 1 nitrogen and oxygen atoms in total. The smallest absolute Gasteiger partial charge is 0.392 e. The van der Waals surface area contributed by atoms with E-state index in [0.717, 1.165) is 12.1 Å². The summed E-state index contributed by atoms with van der Waals surface area (Å²) in [6, 6.07) is 9.30. The van der Waals surface area contributed by atoms with E-state index >= 15 is 0 Å². The predicted octanol–water partition coefficient (Wildman–Crippen LogP) is 4.00. The highest BCUT2D eigenvalue weighted by Crippen LogP contribution is 2.35. The second-order valence-corrected chi connectivity index (χ2v) is 4.01. The maximum Gasteiger partial charge on any atom is 0.419 e. The van der Waals surface area contributed by atoms with Gasteiger partial charge in [-0.25, -0.2) is 4.39 Å². The highest BCUT2D eigenvalue weighted by Gasteiger charge is 2.34. The number of hydrogen-bond acceptors (Lipinski definition) is 1. The fraction of sp³-hybridized carbons (Fsp3) is 0.143. The summed E-state index contributed by atoms with van der Waals surface area (Å²) in [5.74, 6) is -1.31. The molecule has 0 spiro atoms. The molecule has 1 N–H and O–H groups in total. The van der Waals surface area contributed by atoms with Crippen LogP contribution in [0, 0.1) is 5.82 Å². The minimum absolute atomic E-state index is 0.221. The molecule has 0 fully saturated rings. The standard InChI is InChI=1S/C14H10F4O/c15-13-6-5-9(7-12(13)14(16,17)18)11-4-2-1-3-10(11)8-19/h1-7,19H,8H2. The van der Waals surface area contributed by atoms with Gasteiger partial charge in [0.2, 0.25) is 0 Å². The van der Waals surface area contributed by atoms with E-state index in [1.54, 1.807) is 24.3 Å². The molecule has 0 aliphatic heterocycles. The number of aliphatic hydroxyl groups excluding tert-OH is 1. The van der Waals surface area contributed by atoms with Gasteiger partial charge >= 0.3 is 6.18 Å². The van der Waals surface area contributed by atoms with Crippen molar-refractivity contribution in [2.24, 2.45) is 0 Å². The topological polar surface area (TPSA) is 20.2 Å². The third-order valence-electron chi connectivity index (χ3n) is 2.77. The molecule has 0 amide bonds. The quantitative estimate of drug-likeness (QED) is 0.818. The lowest BCUT2D eigenvalue weighted by Crippen LogP contribution is -2.08. The predicted molar refractivity (Wildman–Crippen MR) is 62.8 cm³/mol. The zero-order valence-electron chi connectivity index (χ0n) is 9.71. The van der Waals surface area contributed by atoms with Crippen molar-refractivity contribution in [1.82, 2.24) is 0 Å². The minimum Gasteiger partial charge on any atom is -0.392 e. The molecule has 0 atom stereocenters. The Bertz CT molecular complexity index is 590. The second-order valence-electron chi connectivity index (χ2n) is 4.01. The third-order valence-corrected chi connectivity index (χ3v) is 2.77. The van der Waals surface area contributed by atoms with Crippen LogP contribution in [-0.4, -0.2) is 5.11 Å². The van der Waals surface area contributed by atoms with Gasteiger partial charge in [0.05, 0.1) is 12.2 Å². The molecule has 19 heavy (non-hydrogen) atoms. The van der Waals surface area contributed by atoms with Gasteiger partial charge in [0, 0.05) is 0 Å². The van der Waals surface area contributed by atoms with Crippen LogP contribution in [0.2, 0.25) is 0 Å². The van der Waals surface area contributed by atoms with Crippen molar-refractivity contribution in [3.05, 3.63) is 59.4 Å². The van der Waals surface area contributed by atoms with Gasteiger partial charge in [0.1, 0.15) is 5.82 Å². The van der Waals surface area contributed by atoms with E-state index in [9.17, 15) is 17.6 Å². The highest BCUT2D eigenvalue weighted by molar-refractivity contribution is 5.68. The fourth-order valence-electron chi connectivity index (χ4n) is 1.85. The van der Waals surface area contributed by atoms with Crippen molar-refractivity contribution in [2.45, 2.75) is 12.8 Å². The Labute approximate surface area is 107 Å².